The summed E-state index contributed by atoms with van der Waals surface area (Å²) in [5.74, 6) is 0. The first-order valence-corrected chi connectivity index (χ1v) is 22.6. The average Bonchev–Trinajstić information content (AvgIpc) is 3.40. The van der Waals surface area contributed by atoms with Gasteiger partial charge in [0, 0.05) is 27.5 Å². The van der Waals surface area contributed by atoms with Crippen molar-refractivity contribution in [2.24, 2.45) is 0 Å². The Kier molecular flexibility index (Phi) is 8.89. The van der Waals surface area contributed by atoms with E-state index in [1.54, 1.807) is 0 Å². The maximum atomic E-state index is 5.71. The van der Waals surface area contributed by atoms with Crippen LogP contribution in [0.15, 0.2) is 243 Å². The fourth-order valence-corrected chi connectivity index (χ4v) is 10.2. The van der Waals surface area contributed by atoms with Crippen molar-refractivity contribution in [1.29, 1.82) is 0 Å². The Hall–Kier alpha value is -8.72. The lowest BCUT2D eigenvalue weighted by Gasteiger charge is -2.19. The largest absolute Gasteiger partial charge is 0.248 e. The Morgan fingerprint density at radius 2 is 0.621 bits per heavy atom. The highest BCUT2D eigenvalue weighted by Crippen LogP contribution is 2.45. The Balaban J connectivity index is 1.05. The molecule has 2 heteroatoms. The first-order valence-electron chi connectivity index (χ1n) is 22.6. The van der Waals surface area contributed by atoms with Gasteiger partial charge in [-0.2, -0.15) is 0 Å². The molecule has 0 aliphatic heterocycles. The van der Waals surface area contributed by atoms with Gasteiger partial charge in [-0.05, 0) is 118 Å². The van der Waals surface area contributed by atoms with Crippen molar-refractivity contribution in [1.82, 2.24) is 9.97 Å². The highest BCUT2D eigenvalue weighted by Gasteiger charge is 2.20. The first-order chi connectivity index (χ1) is 32.7. The number of rotatable bonds is 6. The van der Waals surface area contributed by atoms with Crippen molar-refractivity contribution in [3.8, 4) is 67.2 Å². The summed E-state index contributed by atoms with van der Waals surface area (Å²) in [7, 11) is 0. The van der Waals surface area contributed by atoms with E-state index in [9.17, 15) is 0 Å². The predicted molar refractivity (Wildman–Crippen MR) is 280 cm³/mol. The van der Waals surface area contributed by atoms with Crippen molar-refractivity contribution >= 4 is 64.8 Å². The lowest BCUT2D eigenvalue weighted by molar-refractivity contribution is 1.32. The van der Waals surface area contributed by atoms with Crippen LogP contribution in [-0.4, -0.2) is 9.97 Å². The van der Waals surface area contributed by atoms with Crippen molar-refractivity contribution in [2.45, 2.75) is 0 Å². The van der Waals surface area contributed by atoms with Gasteiger partial charge in [-0.1, -0.05) is 206 Å². The normalized spacial score (nSPS) is 11.6. The van der Waals surface area contributed by atoms with Crippen molar-refractivity contribution in [3.63, 3.8) is 0 Å². The zero-order valence-electron chi connectivity index (χ0n) is 36.0. The summed E-state index contributed by atoms with van der Waals surface area (Å²) in [4.78, 5) is 10.9. The minimum absolute atomic E-state index is 0.953. The minimum Gasteiger partial charge on any atom is -0.248 e. The highest BCUT2D eigenvalue weighted by atomic mass is 14.7. The lowest BCUT2D eigenvalue weighted by Crippen LogP contribution is -1.95. The molecule has 0 bridgehead atoms. The maximum absolute atomic E-state index is 5.71. The van der Waals surface area contributed by atoms with Crippen LogP contribution in [0, 0.1) is 0 Å². The number of nitrogens with zero attached hydrogens (tertiary/aromatic N) is 2. The van der Waals surface area contributed by atoms with Crippen molar-refractivity contribution < 1.29 is 0 Å². The third-order valence-corrected chi connectivity index (χ3v) is 13.4. The van der Waals surface area contributed by atoms with Gasteiger partial charge in [0.25, 0.3) is 0 Å². The number of benzene rings is 11. The number of pyridine rings is 2. The molecular formula is C64H40N2. The van der Waals surface area contributed by atoms with Crippen LogP contribution in [0.4, 0.5) is 0 Å². The van der Waals surface area contributed by atoms with Crippen LogP contribution in [-0.2, 0) is 0 Å². The van der Waals surface area contributed by atoms with Crippen molar-refractivity contribution in [3.05, 3.63) is 243 Å². The predicted octanol–water partition coefficient (Wildman–Crippen LogP) is 17.4. The molecule has 13 rings (SSSR count). The van der Waals surface area contributed by atoms with Crippen LogP contribution in [0.5, 0.6) is 0 Å². The molecule has 2 aromatic heterocycles. The Labute approximate surface area is 382 Å². The number of aromatic nitrogens is 2. The molecule has 0 unspecified atom stereocenters. The van der Waals surface area contributed by atoms with E-state index in [0.717, 1.165) is 72.3 Å². The Morgan fingerprint density at radius 3 is 1.20 bits per heavy atom. The molecule has 0 radical (unpaired) electrons. The van der Waals surface area contributed by atoms with Crippen LogP contribution >= 0.6 is 0 Å². The number of hydrogen-bond donors (Lipinski definition) is 0. The van der Waals surface area contributed by atoms with Crippen LogP contribution in [0.3, 0.4) is 0 Å². The fourth-order valence-electron chi connectivity index (χ4n) is 10.2. The van der Waals surface area contributed by atoms with Crippen LogP contribution in [0.25, 0.3) is 132 Å². The van der Waals surface area contributed by atoms with Gasteiger partial charge in [-0.15, -0.1) is 0 Å². The fraction of sp³-hybridized carbons (Fsp3) is 0. The molecule has 0 atom stereocenters. The van der Waals surface area contributed by atoms with E-state index in [-0.39, 0.29) is 0 Å². The molecule has 11 aromatic carbocycles. The van der Waals surface area contributed by atoms with Crippen LogP contribution < -0.4 is 0 Å². The SMILES string of the molecule is c1ccc(-c2cc(-c3ccc(-c4cc5c(-c6cc7ccccc7c7ccccc67)cc(-c6cc7ccccc7c7ccccc67)nc5c5ccccc45)cc3)cc(-c3ccccc3)n2)cc1. The second-order valence-corrected chi connectivity index (χ2v) is 17.2. The second-order valence-electron chi connectivity index (χ2n) is 17.2. The zero-order valence-corrected chi connectivity index (χ0v) is 36.0. The molecule has 0 N–H and O–H groups in total. The second kappa shape index (κ2) is 15.5. The van der Waals surface area contributed by atoms with Gasteiger partial charge in [0.15, 0.2) is 0 Å². The van der Waals surface area contributed by atoms with E-state index in [2.05, 4.69) is 243 Å². The molecule has 2 heterocycles. The molecule has 0 fully saturated rings. The molecule has 0 amide bonds. The van der Waals surface area contributed by atoms with E-state index < -0.39 is 0 Å². The molecule has 66 heavy (non-hydrogen) atoms. The van der Waals surface area contributed by atoms with E-state index in [4.69, 9.17) is 9.97 Å². The summed E-state index contributed by atoms with van der Waals surface area (Å²) in [5, 5.41) is 13.2. The smallest absolute Gasteiger partial charge is 0.0794 e. The van der Waals surface area contributed by atoms with Gasteiger partial charge in [-0.3, -0.25) is 0 Å². The Bertz CT molecular complexity index is 3970. The average molecular weight is 837 g/mol. The Morgan fingerprint density at radius 1 is 0.197 bits per heavy atom. The lowest BCUT2D eigenvalue weighted by atomic mass is 9.87. The quantitative estimate of drug-likeness (QED) is 0.156. The van der Waals surface area contributed by atoms with E-state index >= 15 is 0 Å². The van der Waals surface area contributed by atoms with Gasteiger partial charge in [0.2, 0.25) is 0 Å². The van der Waals surface area contributed by atoms with Gasteiger partial charge in [0.1, 0.15) is 0 Å². The number of hydrogen-bond acceptors (Lipinski definition) is 2. The summed E-state index contributed by atoms with van der Waals surface area (Å²) in [5.41, 5.74) is 14.1. The van der Waals surface area contributed by atoms with Crippen LogP contribution in [0.1, 0.15) is 0 Å². The topological polar surface area (TPSA) is 25.8 Å². The van der Waals surface area contributed by atoms with Crippen LogP contribution in [0.2, 0.25) is 0 Å². The molecule has 0 aliphatic rings. The molecule has 0 aliphatic carbocycles. The highest BCUT2D eigenvalue weighted by molar-refractivity contribution is 6.21. The molecule has 2 nitrogen and oxygen atoms in total. The maximum Gasteiger partial charge on any atom is 0.0794 e. The summed E-state index contributed by atoms with van der Waals surface area (Å²) >= 11 is 0. The summed E-state index contributed by atoms with van der Waals surface area (Å²) in [6, 6.07) is 87.8. The molecule has 0 saturated heterocycles. The van der Waals surface area contributed by atoms with Crippen molar-refractivity contribution in [2.75, 3.05) is 0 Å². The zero-order chi connectivity index (χ0) is 43.6. The molecular weight excluding hydrogens is 797 g/mol. The van der Waals surface area contributed by atoms with Gasteiger partial charge in [0.05, 0.1) is 22.6 Å². The number of fused-ring (bicyclic) bond motifs is 9. The summed E-state index contributed by atoms with van der Waals surface area (Å²) < 4.78 is 0. The monoisotopic (exact) mass is 836 g/mol. The first kappa shape index (κ1) is 37.8. The third-order valence-electron chi connectivity index (χ3n) is 13.4. The van der Waals surface area contributed by atoms with E-state index in [1.807, 2.05) is 0 Å². The van der Waals surface area contributed by atoms with Gasteiger partial charge >= 0.3 is 0 Å². The molecule has 0 spiro atoms. The standard InChI is InChI=1S/C64H40N2/c1-3-17-43(18-4-1)61-37-47(38-62(65-61)44-19-5-2-6-20-44)41-31-33-42(34-32-41)56-39-60-58(57-35-45-21-7-9-23-48(45)50-25-11-13-27-52(50)57)40-63(66-64(60)55-30-16-15-29-54(55)56)59-36-46-22-8-10-24-49(46)51-26-12-14-28-53(51)59/h1-40H. The van der Waals surface area contributed by atoms with E-state index in [1.165, 1.54) is 59.6 Å². The van der Waals surface area contributed by atoms with Gasteiger partial charge in [-0.25, -0.2) is 9.97 Å². The molecule has 13 aromatic rings. The summed E-state index contributed by atoms with van der Waals surface area (Å²) in [6.07, 6.45) is 0. The minimum atomic E-state index is 0.953. The van der Waals surface area contributed by atoms with Gasteiger partial charge < -0.3 is 0 Å². The summed E-state index contributed by atoms with van der Waals surface area (Å²) in [6.45, 7) is 0. The molecule has 0 saturated carbocycles. The molecule has 306 valence electrons. The van der Waals surface area contributed by atoms with E-state index in [0.29, 0.717) is 0 Å². The third kappa shape index (κ3) is 6.34.